The summed E-state index contributed by atoms with van der Waals surface area (Å²) in [4.78, 5) is 36.1. The van der Waals surface area contributed by atoms with Crippen molar-refractivity contribution >= 4 is 23.2 Å². The van der Waals surface area contributed by atoms with Gasteiger partial charge in [0.1, 0.15) is 0 Å². The molecule has 3 rings (SSSR count). The topological polar surface area (TPSA) is 80.2 Å². The van der Waals surface area contributed by atoms with Gasteiger partial charge in [0.25, 0.3) is 17.4 Å². The molecule has 2 amide bonds. The van der Waals surface area contributed by atoms with Gasteiger partial charge in [0.2, 0.25) is 0 Å². The molecular weight excluding hydrogens is 342 g/mol. The molecule has 27 heavy (non-hydrogen) atoms. The summed E-state index contributed by atoms with van der Waals surface area (Å²) in [5.41, 5.74) is 2.03. The molecule has 6 heteroatoms. The van der Waals surface area contributed by atoms with Gasteiger partial charge in [0.05, 0.1) is 5.69 Å². The van der Waals surface area contributed by atoms with Crippen LogP contribution in [0.1, 0.15) is 27.6 Å². The highest BCUT2D eigenvalue weighted by Crippen LogP contribution is 2.13. The van der Waals surface area contributed by atoms with Crippen molar-refractivity contribution in [2.75, 3.05) is 10.6 Å². The number of rotatable bonds is 5. The summed E-state index contributed by atoms with van der Waals surface area (Å²) in [6.45, 7) is 2.38. The number of hydrogen-bond acceptors (Lipinski definition) is 3. The van der Waals surface area contributed by atoms with Gasteiger partial charge in [-0.25, -0.2) is 0 Å². The van der Waals surface area contributed by atoms with Crippen molar-refractivity contribution in [1.29, 1.82) is 0 Å². The van der Waals surface area contributed by atoms with Crippen LogP contribution in [-0.4, -0.2) is 16.4 Å². The van der Waals surface area contributed by atoms with Crippen LogP contribution in [0, 0.1) is 0 Å². The number of anilines is 2. The number of hydrogen-bond donors (Lipinski definition) is 2. The molecule has 0 saturated heterocycles. The minimum atomic E-state index is -0.294. The first kappa shape index (κ1) is 18.1. The fourth-order valence-corrected chi connectivity index (χ4v) is 2.55. The Hall–Kier alpha value is -3.67. The third kappa shape index (κ3) is 4.49. The van der Waals surface area contributed by atoms with Crippen molar-refractivity contribution in [2.45, 2.75) is 13.5 Å². The average molecular weight is 361 g/mol. The van der Waals surface area contributed by atoms with Gasteiger partial charge >= 0.3 is 0 Å². The number of pyridine rings is 1. The first-order valence-corrected chi connectivity index (χ1v) is 8.55. The molecule has 1 aromatic heterocycles. The van der Waals surface area contributed by atoms with Crippen molar-refractivity contribution in [3.05, 3.63) is 94.4 Å². The Kier molecular flexibility index (Phi) is 5.47. The van der Waals surface area contributed by atoms with Gasteiger partial charge < -0.3 is 15.2 Å². The molecule has 136 valence electrons. The Balaban J connectivity index is 1.67. The van der Waals surface area contributed by atoms with Crippen molar-refractivity contribution in [3.8, 4) is 0 Å². The van der Waals surface area contributed by atoms with Crippen LogP contribution in [0.3, 0.4) is 0 Å². The summed E-state index contributed by atoms with van der Waals surface area (Å²) >= 11 is 0. The van der Waals surface area contributed by atoms with E-state index in [1.54, 1.807) is 60.8 Å². The lowest BCUT2D eigenvalue weighted by Crippen LogP contribution is -2.19. The maximum atomic E-state index is 12.4. The molecule has 0 atom stereocenters. The van der Waals surface area contributed by atoms with Crippen molar-refractivity contribution < 1.29 is 9.59 Å². The molecule has 0 spiro atoms. The third-order valence-corrected chi connectivity index (χ3v) is 4.02. The zero-order chi connectivity index (χ0) is 19.2. The molecule has 0 saturated carbocycles. The van der Waals surface area contributed by atoms with E-state index in [4.69, 9.17) is 0 Å². The average Bonchev–Trinajstić information content (AvgIpc) is 2.70. The van der Waals surface area contributed by atoms with Gasteiger partial charge in [-0.15, -0.1) is 0 Å². The molecule has 0 radical (unpaired) electrons. The van der Waals surface area contributed by atoms with E-state index >= 15 is 0 Å². The van der Waals surface area contributed by atoms with Crippen molar-refractivity contribution in [1.82, 2.24) is 4.57 Å². The van der Waals surface area contributed by atoms with E-state index in [1.807, 2.05) is 13.0 Å². The highest BCUT2D eigenvalue weighted by atomic mass is 16.2. The van der Waals surface area contributed by atoms with Crippen molar-refractivity contribution in [2.24, 2.45) is 0 Å². The maximum Gasteiger partial charge on any atom is 0.255 e. The highest BCUT2D eigenvalue weighted by Gasteiger charge is 2.09. The lowest BCUT2D eigenvalue weighted by Gasteiger charge is -2.09. The summed E-state index contributed by atoms with van der Waals surface area (Å²) in [6, 6.07) is 18.5. The Labute approximate surface area is 156 Å². The smallest absolute Gasteiger partial charge is 0.255 e. The molecule has 2 aromatic carbocycles. The molecule has 0 aliphatic carbocycles. The van der Waals surface area contributed by atoms with Gasteiger partial charge in [0, 0.05) is 35.6 Å². The molecule has 0 aliphatic rings. The zero-order valence-electron chi connectivity index (χ0n) is 14.8. The van der Waals surface area contributed by atoms with E-state index < -0.39 is 0 Å². The first-order chi connectivity index (χ1) is 13.1. The van der Waals surface area contributed by atoms with Crippen LogP contribution < -0.4 is 16.2 Å². The SMILES string of the molecule is CCn1cc(NC(=O)c2ccc(NC(=O)c3ccccc3)cc2)ccc1=O. The van der Waals surface area contributed by atoms with Crippen LogP contribution >= 0.6 is 0 Å². The van der Waals surface area contributed by atoms with Gasteiger partial charge in [-0.05, 0) is 49.4 Å². The van der Waals surface area contributed by atoms with Crippen LogP contribution in [0.15, 0.2) is 77.7 Å². The standard InChI is InChI=1S/C21H19N3O3/c1-2-24-14-18(12-13-19(24)25)23-21(27)16-8-10-17(11-9-16)22-20(26)15-6-4-3-5-7-15/h3-14H,2H2,1H3,(H,22,26)(H,23,27). The number of carbonyl (C=O) groups excluding carboxylic acids is 2. The lowest BCUT2D eigenvalue weighted by molar-refractivity contribution is 0.102. The summed E-state index contributed by atoms with van der Waals surface area (Å²) in [5.74, 6) is -0.508. The number of amides is 2. The summed E-state index contributed by atoms with van der Waals surface area (Å²) in [6.07, 6.45) is 1.61. The number of carbonyl (C=O) groups is 2. The third-order valence-electron chi connectivity index (χ3n) is 4.02. The predicted octanol–water partition coefficient (Wildman–Crippen LogP) is 3.37. The molecule has 0 fully saturated rings. The van der Waals surface area contributed by atoms with Gasteiger partial charge in [0.15, 0.2) is 0 Å². The molecule has 0 aliphatic heterocycles. The minimum Gasteiger partial charge on any atom is -0.322 e. The van der Waals surface area contributed by atoms with Crippen LogP contribution in [0.2, 0.25) is 0 Å². The quantitative estimate of drug-likeness (QED) is 0.731. The van der Waals surface area contributed by atoms with E-state index in [-0.39, 0.29) is 17.4 Å². The van der Waals surface area contributed by atoms with E-state index in [2.05, 4.69) is 10.6 Å². The second-order valence-corrected chi connectivity index (χ2v) is 5.89. The number of nitrogens with one attached hydrogen (secondary N) is 2. The first-order valence-electron chi connectivity index (χ1n) is 8.55. The van der Waals surface area contributed by atoms with Gasteiger partial charge in [-0.3, -0.25) is 14.4 Å². The lowest BCUT2D eigenvalue weighted by atomic mass is 10.1. The molecule has 6 nitrogen and oxygen atoms in total. The molecule has 2 N–H and O–H groups in total. The number of aromatic nitrogens is 1. The normalized spacial score (nSPS) is 10.3. The molecule has 3 aromatic rings. The van der Waals surface area contributed by atoms with Gasteiger partial charge in [-0.2, -0.15) is 0 Å². The minimum absolute atomic E-state index is 0.117. The summed E-state index contributed by atoms with van der Waals surface area (Å²) in [5, 5.41) is 5.55. The number of nitrogens with zero attached hydrogens (tertiary/aromatic N) is 1. The van der Waals surface area contributed by atoms with E-state index in [0.717, 1.165) is 0 Å². The van der Waals surface area contributed by atoms with Crippen LogP contribution in [-0.2, 0) is 6.54 Å². The van der Waals surface area contributed by atoms with Gasteiger partial charge in [-0.1, -0.05) is 18.2 Å². The molecule has 0 bridgehead atoms. The molecular formula is C21H19N3O3. The van der Waals surface area contributed by atoms with Crippen LogP contribution in [0.25, 0.3) is 0 Å². The monoisotopic (exact) mass is 361 g/mol. The van der Waals surface area contributed by atoms with Crippen molar-refractivity contribution in [3.63, 3.8) is 0 Å². The fourth-order valence-electron chi connectivity index (χ4n) is 2.55. The van der Waals surface area contributed by atoms with E-state index in [1.165, 1.54) is 10.6 Å². The fraction of sp³-hybridized carbons (Fsp3) is 0.0952. The Morgan fingerprint density at radius 1 is 0.778 bits per heavy atom. The van der Waals surface area contributed by atoms with Crippen LogP contribution in [0.5, 0.6) is 0 Å². The summed E-state index contributed by atoms with van der Waals surface area (Å²) in [7, 11) is 0. The van der Waals surface area contributed by atoms with Crippen LogP contribution in [0.4, 0.5) is 11.4 Å². The molecule has 1 heterocycles. The second kappa shape index (κ2) is 8.14. The summed E-state index contributed by atoms with van der Waals surface area (Å²) < 4.78 is 1.51. The maximum absolute atomic E-state index is 12.4. The Morgan fingerprint density at radius 2 is 1.33 bits per heavy atom. The highest BCUT2D eigenvalue weighted by molar-refractivity contribution is 6.06. The van der Waals surface area contributed by atoms with E-state index in [0.29, 0.717) is 29.0 Å². The zero-order valence-corrected chi connectivity index (χ0v) is 14.8. The largest absolute Gasteiger partial charge is 0.322 e. The predicted molar refractivity (Wildman–Crippen MR) is 105 cm³/mol. The number of aryl methyl sites for hydroxylation is 1. The Bertz CT molecular complexity index is 1010. The second-order valence-electron chi connectivity index (χ2n) is 5.89. The number of benzene rings is 2. The van der Waals surface area contributed by atoms with E-state index in [9.17, 15) is 14.4 Å². The Morgan fingerprint density at radius 3 is 1.96 bits per heavy atom. The molecule has 0 unspecified atom stereocenters.